The molecule has 0 N–H and O–H groups in total. The van der Waals surface area contributed by atoms with Gasteiger partial charge in [-0.25, -0.2) is 0 Å². The van der Waals surface area contributed by atoms with Crippen molar-refractivity contribution in [3.05, 3.63) is 71.8 Å². The van der Waals surface area contributed by atoms with Crippen LogP contribution in [0.1, 0.15) is 37.8 Å². The maximum atomic E-state index is 5.76. The van der Waals surface area contributed by atoms with Crippen LogP contribution in [0, 0.1) is 5.41 Å². The van der Waals surface area contributed by atoms with Crippen LogP contribution >= 0.6 is 0 Å². The molecule has 0 spiro atoms. The molecule has 1 aliphatic rings. The van der Waals surface area contributed by atoms with E-state index < -0.39 is 0 Å². The molecule has 2 aromatic carbocycles. The molecule has 0 fully saturated rings. The van der Waals surface area contributed by atoms with E-state index in [0.717, 1.165) is 30.5 Å². The van der Waals surface area contributed by atoms with Gasteiger partial charge in [0.25, 0.3) is 0 Å². The lowest BCUT2D eigenvalue weighted by Gasteiger charge is -2.26. The third kappa shape index (κ3) is 3.06. The van der Waals surface area contributed by atoms with Gasteiger partial charge in [0.1, 0.15) is 6.10 Å². The smallest absolute Gasteiger partial charge is 0.138 e. The molecule has 2 aromatic rings. The molecule has 3 rings (SSSR count). The van der Waals surface area contributed by atoms with Gasteiger partial charge in [0.2, 0.25) is 0 Å². The molecular formula is C20H23NO. The molecule has 114 valence electrons. The van der Waals surface area contributed by atoms with Crippen molar-refractivity contribution in [2.75, 3.05) is 0 Å². The Kier molecular flexibility index (Phi) is 4.28. The van der Waals surface area contributed by atoms with E-state index in [9.17, 15) is 0 Å². The fourth-order valence-corrected chi connectivity index (χ4v) is 3.09. The Morgan fingerprint density at radius 2 is 1.59 bits per heavy atom. The van der Waals surface area contributed by atoms with Crippen LogP contribution in [0.3, 0.4) is 0 Å². The zero-order valence-corrected chi connectivity index (χ0v) is 13.3. The lowest BCUT2D eigenvalue weighted by Crippen LogP contribution is -2.33. The lowest BCUT2D eigenvalue weighted by molar-refractivity contribution is 0.0292. The van der Waals surface area contributed by atoms with Gasteiger partial charge in [-0.2, -0.15) is 0 Å². The van der Waals surface area contributed by atoms with Crippen LogP contribution in [0.15, 0.2) is 65.8 Å². The first-order valence-corrected chi connectivity index (χ1v) is 8.01. The molecule has 0 bridgehead atoms. The minimum absolute atomic E-state index is 0.0436. The van der Waals surface area contributed by atoms with E-state index in [2.05, 4.69) is 73.6 Å². The predicted molar refractivity (Wildman–Crippen MR) is 91.0 cm³/mol. The predicted octanol–water partition coefficient (Wildman–Crippen LogP) is 4.84. The molecule has 0 amide bonds. The van der Waals surface area contributed by atoms with Gasteiger partial charge in [0.15, 0.2) is 0 Å². The standard InChI is InChI=1S/C20H23NO/c1-20(2)18(15-9-12-16-10-5-3-6-11-16)22-21-19(20)17-13-7-4-8-14-17/h3-8,10-11,13-14,18H,9,12,15H2,1-2H3. The van der Waals surface area contributed by atoms with Gasteiger partial charge in [0, 0.05) is 0 Å². The highest BCUT2D eigenvalue weighted by Gasteiger charge is 2.41. The van der Waals surface area contributed by atoms with Crippen molar-refractivity contribution in [3.8, 4) is 0 Å². The van der Waals surface area contributed by atoms with Crippen molar-refractivity contribution in [3.63, 3.8) is 0 Å². The highest BCUT2D eigenvalue weighted by atomic mass is 16.6. The van der Waals surface area contributed by atoms with E-state index in [1.165, 1.54) is 5.56 Å². The van der Waals surface area contributed by atoms with Gasteiger partial charge in [-0.3, -0.25) is 0 Å². The SMILES string of the molecule is CC1(C)C(c2ccccc2)=NOC1CCCc1ccccc1. The molecule has 0 saturated heterocycles. The minimum Gasteiger partial charge on any atom is -0.391 e. The zero-order valence-electron chi connectivity index (χ0n) is 13.3. The van der Waals surface area contributed by atoms with Crippen LogP contribution in [-0.2, 0) is 11.3 Å². The monoisotopic (exact) mass is 293 g/mol. The fraction of sp³-hybridized carbons (Fsp3) is 0.350. The Hall–Kier alpha value is -2.09. The molecular weight excluding hydrogens is 270 g/mol. The second-order valence-electron chi connectivity index (χ2n) is 6.50. The molecule has 1 atom stereocenters. The molecule has 2 heteroatoms. The number of hydrogen-bond acceptors (Lipinski definition) is 2. The molecule has 0 aromatic heterocycles. The van der Waals surface area contributed by atoms with Gasteiger partial charge < -0.3 is 4.84 Å². The van der Waals surface area contributed by atoms with E-state index in [1.54, 1.807) is 0 Å². The van der Waals surface area contributed by atoms with Crippen LogP contribution < -0.4 is 0 Å². The van der Waals surface area contributed by atoms with Crippen molar-refractivity contribution in [1.29, 1.82) is 0 Å². The van der Waals surface area contributed by atoms with Crippen molar-refractivity contribution < 1.29 is 4.84 Å². The topological polar surface area (TPSA) is 21.6 Å². The maximum Gasteiger partial charge on any atom is 0.138 e. The number of hydrogen-bond donors (Lipinski definition) is 0. The molecule has 22 heavy (non-hydrogen) atoms. The van der Waals surface area contributed by atoms with Crippen molar-refractivity contribution in [2.24, 2.45) is 10.6 Å². The Morgan fingerprint density at radius 3 is 2.27 bits per heavy atom. The quantitative estimate of drug-likeness (QED) is 0.773. The first-order valence-electron chi connectivity index (χ1n) is 8.01. The van der Waals surface area contributed by atoms with Gasteiger partial charge in [0.05, 0.1) is 11.1 Å². The van der Waals surface area contributed by atoms with Gasteiger partial charge in [-0.05, 0) is 30.4 Å². The maximum absolute atomic E-state index is 5.76. The summed E-state index contributed by atoms with van der Waals surface area (Å²) in [7, 11) is 0. The summed E-state index contributed by atoms with van der Waals surface area (Å²) < 4.78 is 0. The van der Waals surface area contributed by atoms with E-state index in [-0.39, 0.29) is 11.5 Å². The van der Waals surface area contributed by atoms with Crippen LogP contribution in [0.25, 0.3) is 0 Å². The van der Waals surface area contributed by atoms with E-state index in [1.807, 2.05) is 6.07 Å². The highest BCUT2D eigenvalue weighted by molar-refractivity contribution is 6.05. The molecule has 0 aliphatic carbocycles. The fourth-order valence-electron chi connectivity index (χ4n) is 3.09. The summed E-state index contributed by atoms with van der Waals surface area (Å²) in [6, 6.07) is 21.0. The first kappa shape index (κ1) is 14.8. The van der Waals surface area contributed by atoms with E-state index in [4.69, 9.17) is 4.84 Å². The van der Waals surface area contributed by atoms with Crippen LogP contribution in [0.4, 0.5) is 0 Å². The number of benzene rings is 2. The highest BCUT2D eigenvalue weighted by Crippen LogP contribution is 2.37. The normalized spacial score (nSPS) is 19.5. The van der Waals surface area contributed by atoms with Crippen molar-refractivity contribution >= 4 is 5.71 Å². The third-order valence-electron chi connectivity index (χ3n) is 4.51. The Morgan fingerprint density at radius 1 is 0.955 bits per heavy atom. The zero-order chi connectivity index (χ0) is 15.4. The van der Waals surface area contributed by atoms with Gasteiger partial charge in [-0.15, -0.1) is 0 Å². The summed E-state index contributed by atoms with van der Waals surface area (Å²) in [5.74, 6) is 0. The summed E-state index contributed by atoms with van der Waals surface area (Å²) in [5.41, 5.74) is 3.58. The molecule has 0 saturated carbocycles. The summed E-state index contributed by atoms with van der Waals surface area (Å²) >= 11 is 0. The molecule has 1 unspecified atom stereocenters. The number of oxime groups is 1. The summed E-state index contributed by atoms with van der Waals surface area (Å²) in [6.07, 6.45) is 3.40. The second-order valence-corrected chi connectivity index (χ2v) is 6.50. The molecule has 0 radical (unpaired) electrons. The van der Waals surface area contributed by atoms with Crippen molar-refractivity contribution in [1.82, 2.24) is 0 Å². The largest absolute Gasteiger partial charge is 0.391 e. The lowest BCUT2D eigenvalue weighted by atomic mass is 9.77. The average Bonchev–Trinajstić information content (AvgIpc) is 2.84. The first-order chi connectivity index (χ1) is 10.7. The van der Waals surface area contributed by atoms with Crippen LogP contribution in [0.5, 0.6) is 0 Å². The number of rotatable bonds is 5. The Balaban J connectivity index is 1.60. The summed E-state index contributed by atoms with van der Waals surface area (Å²) in [5, 5.41) is 4.38. The average molecular weight is 293 g/mol. The number of aryl methyl sites for hydroxylation is 1. The Labute approximate surface area is 132 Å². The number of nitrogens with zero attached hydrogens (tertiary/aromatic N) is 1. The molecule has 1 heterocycles. The van der Waals surface area contributed by atoms with Crippen molar-refractivity contribution in [2.45, 2.75) is 39.2 Å². The van der Waals surface area contributed by atoms with Gasteiger partial charge in [-0.1, -0.05) is 79.7 Å². The molecule has 1 aliphatic heterocycles. The molecule has 2 nitrogen and oxygen atoms in total. The second kappa shape index (κ2) is 6.35. The van der Waals surface area contributed by atoms with E-state index in [0.29, 0.717) is 0 Å². The van der Waals surface area contributed by atoms with Crippen LogP contribution in [-0.4, -0.2) is 11.8 Å². The third-order valence-corrected chi connectivity index (χ3v) is 4.51. The summed E-state index contributed by atoms with van der Waals surface area (Å²) in [6.45, 7) is 4.47. The Bertz CT molecular complexity index is 631. The summed E-state index contributed by atoms with van der Waals surface area (Å²) in [4.78, 5) is 5.76. The minimum atomic E-state index is -0.0436. The van der Waals surface area contributed by atoms with Crippen LogP contribution in [0.2, 0.25) is 0 Å². The van der Waals surface area contributed by atoms with Gasteiger partial charge >= 0.3 is 0 Å². The van der Waals surface area contributed by atoms with E-state index >= 15 is 0 Å².